The molecule has 3 aromatic heterocycles. The lowest BCUT2D eigenvalue weighted by atomic mass is 10.0. The van der Waals surface area contributed by atoms with E-state index in [0.717, 1.165) is 24.7 Å². The molecule has 1 N–H and O–H groups in total. The van der Waals surface area contributed by atoms with E-state index in [-0.39, 0.29) is 23.4 Å². The number of hydrogen-bond donors (Lipinski definition) is 1. The lowest BCUT2D eigenvalue weighted by Gasteiger charge is -2.33. The number of carbonyl (C=O) groups excluding carboxylic acids is 1. The van der Waals surface area contributed by atoms with Crippen LogP contribution in [0.5, 0.6) is 0 Å². The number of carbonyl (C=O) groups is 1. The highest BCUT2D eigenvalue weighted by Gasteiger charge is 2.34. The predicted octanol–water partition coefficient (Wildman–Crippen LogP) is 3.54. The summed E-state index contributed by atoms with van der Waals surface area (Å²) in [5.41, 5.74) is 0.876. The molecule has 8 nitrogen and oxygen atoms in total. The van der Waals surface area contributed by atoms with Crippen LogP contribution < -0.4 is 5.32 Å². The Balaban J connectivity index is 1.32. The van der Waals surface area contributed by atoms with Crippen molar-refractivity contribution in [2.45, 2.75) is 12.7 Å². The molecular formula is C27H24F3N7O. The molecule has 5 rings (SSSR count). The van der Waals surface area contributed by atoms with Crippen molar-refractivity contribution in [3.05, 3.63) is 89.3 Å². The summed E-state index contributed by atoms with van der Waals surface area (Å²) in [6.45, 7) is 3.21. The Labute approximate surface area is 217 Å². The number of benzene rings is 1. The number of halogens is 3. The van der Waals surface area contributed by atoms with Gasteiger partial charge in [0.05, 0.1) is 22.8 Å². The van der Waals surface area contributed by atoms with E-state index in [2.05, 4.69) is 37.1 Å². The average molecular weight is 520 g/mol. The Bertz CT molecular complexity index is 1530. The van der Waals surface area contributed by atoms with Crippen molar-refractivity contribution in [1.29, 1.82) is 0 Å². The Morgan fingerprint density at radius 3 is 2.66 bits per heavy atom. The van der Waals surface area contributed by atoms with E-state index in [1.54, 1.807) is 23.0 Å². The number of rotatable bonds is 4. The van der Waals surface area contributed by atoms with Crippen LogP contribution in [0.4, 0.5) is 18.9 Å². The number of pyridine rings is 1. The van der Waals surface area contributed by atoms with Gasteiger partial charge >= 0.3 is 6.18 Å². The van der Waals surface area contributed by atoms with Crippen molar-refractivity contribution >= 4 is 17.1 Å². The maximum atomic E-state index is 13.9. The molecule has 1 amide bonds. The summed E-state index contributed by atoms with van der Waals surface area (Å²) in [7, 11) is 1.99. The average Bonchev–Trinajstić information content (AvgIpc) is 3.32. The summed E-state index contributed by atoms with van der Waals surface area (Å²) in [4.78, 5) is 25.3. The van der Waals surface area contributed by atoms with Crippen LogP contribution in [-0.2, 0) is 12.7 Å². The molecule has 0 atom stereocenters. The molecule has 1 fully saturated rings. The molecule has 0 radical (unpaired) electrons. The van der Waals surface area contributed by atoms with Crippen molar-refractivity contribution in [2.75, 3.05) is 38.5 Å². The highest BCUT2D eigenvalue weighted by molar-refractivity contribution is 6.04. The Morgan fingerprint density at radius 2 is 1.87 bits per heavy atom. The number of hydrogen-bond acceptors (Lipinski definition) is 6. The van der Waals surface area contributed by atoms with Gasteiger partial charge in [-0.2, -0.15) is 18.3 Å². The van der Waals surface area contributed by atoms with E-state index >= 15 is 0 Å². The van der Waals surface area contributed by atoms with Gasteiger partial charge in [0.25, 0.3) is 5.91 Å². The molecule has 11 heteroatoms. The fourth-order valence-corrected chi connectivity index (χ4v) is 4.19. The van der Waals surface area contributed by atoms with Crippen molar-refractivity contribution in [3.63, 3.8) is 0 Å². The first kappa shape index (κ1) is 25.4. The van der Waals surface area contributed by atoms with Crippen LogP contribution in [0.3, 0.4) is 0 Å². The molecular weight excluding hydrogens is 495 g/mol. The van der Waals surface area contributed by atoms with Gasteiger partial charge in [-0.05, 0) is 48.9 Å². The van der Waals surface area contributed by atoms with E-state index in [4.69, 9.17) is 0 Å². The van der Waals surface area contributed by atoms with Gasteiger partial charge in [0.2, 0.25) is 5.82 Å². The number of imidazole rings is 1. The first-order valence-electron chi connectivity index (χ1n) is 11.9. The third kappa shape index (κ3) is 5.82. The van der Waals surface area contributed by atoms with Gasteiger partial charge in [-0.1, -0.05) is 12.0 Å². The third-order valence-electron chi connectivity index (χ3n) is 6.28. The topological polar surface area (TPSA) is 78.7 Å². The highest BCUT2D eigenvalue weighted by atomic mass is 19.4. The number of likely N-dealkylation sites (N-methyl/N-ethyl adjacent to an activating group) is 1. The minimum Gasteiger partial charge on any atom is -0.322 e. The van der Waals surface area contributed by atoms with Crippen LogP contribution in [0, 0.1) is 11.8 Å². The molecule has 4 aromatic rings. The van der Waals surface area contributed by atoms with Crippen molar-refractivity contribution in [3.8, 4) is 11.8 Å². The number of piperazine rings is 1. The van der Waals surface area contributed by atoms with E-state index in [0.29, 0.717) is 24.5 Å². The van der Waals surface area contributed by atoms with E-state index in [9.17, 15) is 18.0 Å². The Kier molecular flexibility index (Phi) is 7.09. The van der Waals surface area contributed by atoms with E-state index in [1.165, 1.54) is 30.6 Å². The third-order valence-corrected chi connectivity index (χ3v) is 6.28. The summed E-state index contributed by atoms with van der Waals surface area (Å²) in [5, 5.41) is 6.75. The summed E-state index contributed by atoms with van der Waals surface area (Å²) < 4.78 is 43.2. The largest absolute Gasteiger partial charge is 0.416 e. The normalized spacial score (nSPS) is 14.7. The van der Waals surface area contributed by atoms with Gasteiger partial charge in [0.1, 0.15) is 0 Å². The van der Waals surface area contributed by atoms with Gasteiger partial charge in [-0.3, -0.25) is 14.7 Å². The summed E-state index contributed by atoms with van der Waals surface area (Å²) in [6, 6.07) is 9.06. The van der Waals surface area contributed by atoms with Crippen LogP contribution in [0.2, 0.25) is 0 Å². The van der Waals surface area contributed by atoms with E-state index < -0.39 is 17.6 Å². The fraction of sp³-hybridized carbons (Fsp3) is 0.259. The van der Waals surface area contributed by atoms with Crippen LogP contribution in [0.15, 0.2) is 61.2 Å². The zero-order valence-corrected chi connectivity index (χ0v) is 20.5. The van der Waals surface area contributed by atoms with Crippen LogP contribution in [0.1, 0.15) is 32.9 Å². The van der Waals surface area contributed by atoms with Crippen LogP contribution in [-0.4, -0.2) is 68.5 Å². The highest BCUT2D eigenvalue weighted by Crippen LogP contribution is 2.34. The standard InChI is InChI=1S/C27H24F3N7O/c1-35-9-11-36(12-10-35)18-20-5-6-22(14-24(20)27(28,29)30)34-26(38)21-13-19(15-31-16-21)4-7-25-32-17-23-3-2-8-33-37(23)25/h2-3,5-6,8,13-17H,9-12,18H2,1H3,(H,34,38). The smallest absolute Gasteiger partial charge is 0.322 e. The molecule has 1 aliphatic heterocycles. The molecule has 1 saturated heterocycles. The quantitative estimate of drug-likeness (QED) is 0.416. The zero-order chi connectivity index (χ0) is 26.7. The number of amides is 1. The summed E-state index contributed by atoms with van der Waals surface area (Å²) >= 11 is 0. The fourth-order valence-electron chi connectivity index (χ4n) is 4.19. The first-order valence-corrected chi connectivity index (χ1v) is 11.9. The number of nitrogens with zero attached hydrogens (tertiary/aromatic N) is 6. The second-order valence-electron chi connectivity index (χ2n) is 9.06. The number of nitrogens with one attached hydrogen (secondary N) is 1. The molecule has 1 aliphatic rings. The molecule has 0 aliphatic carbocycles. The molecule has 4 heterocycles. The minimum atomic E-state index is -4.55. The molecule has 0 bridgehead atoms. The summed E-state index contributed by atoms with van der Waals surface area (Å²) in [5.74, 6) is 5.64. The maximum absolute atomic E-state index is 13.9. The predicted molar refractivity (Wildman–Crippen MR) is 135 cm³/mol. The molecule has 194 valence electrons. The van der Waals surface area contributed by atoms with Gasteiger partial charge in [-0.25, -0.2) is 9.50 Å². The van der Waals surface area contributed by atoms with Gasteiger partial charge in [0.15, 0.2) is 0 Å². The number of fused-ring (bicyclic) bond motifs is 1. The van der Waals surface area contributed by atoms with Crippen molar-refractivity contribution in [2.24, 2.45) is 0 Å². The zero-order valence-electron chi connectivity index (χ0n) is 20.5. The first-order chi connectivity index (χ1) is 18.3. The second kappa shape index (κ2) is 10.6. The van der Waals surface area contributed by atoms with Gasteiger partial charge in [0, 0.05) is 62.6 Å². The SMILES string of the molecule is CN1CCN(Cc2ccc(NC(=O)c3cncc(C#Cc4ncc5cccnn45)c3)cc2C(F)(F)F)CC1. The molecule has 0 unspecified atom stereocenters. The Hall–Kier alpha value is -4.27. The number of anilines is 1. The van der Waals surface area contributed by atoms with Gasteiger partial charge in [-0.15, -0.1) is 0 Å². The van der Waals surface area contributed by atoms with Crippen molar-refractivity contribution < 1.29 is 18.0 Å². The lowest BCUT2D eigenvalue weighted by Crippen LogP contribution is -2.44. The van der Waals surface area contributed by atoms with Crippen LogP contribution in [0.25, 0.3) is 5.52 Å². The second-order valence-corrected chi connectivity index (χ2v) is 9.06. The van der Waals surface area contributed by atoms with Crippen LogP contribution >= 0.6 is 0 Å². The van der Waals surface area contributed by atoms with Crippen molar-refractivity contribution in [1.82, 2.24) is 29.4 Å². The molecule has 0 spiro atoms. The van der Waals surface area contributed by atoms with E-state index in [1.807, 2.05) is 18.0 Å². The minimum absolute atomic E-state index is 0.0517. The number of alkyl halides is 3. The monoisotopic (exact) mass is 519 g/mol. The summed E-state index contributed by atoms with van der Waals surface area (Å²) in [6.07, 6.45) is 1.53. The Morgan fingerprint density at radius 1 is 1.05 bits per heavy atom. The molecule has 0 saturated carbocycles. The molecule has 38 heavy (non-hydrogen) atoms. The number of aromatic nitrogens is 4. The maximum Gasteiger partial charge on any atom is 0.416 e. The molecule has 1 aromatic carbocycles. The van der Waals surface area contributed by atoms with Gasteiger partial charge < -0.3 is 10.2 Å². The lowest BCUT2D eigenvalue weighted by molar-refractivity contribution is -0.138.